The van der Waals surface area contributed by atoms with Gasteiger partial charge < -0.3 is 97.0 Å². The van der Waals surface area contributed by atoms with Gasteiger partial charge in [-0.15, -0.1) is 0 Å². The summed E-state index contributed by atoms with van der Waals surface area (Å²) in [6.45, 7) is 31.1. The molecule has 114 heavy (non-hydrogen) atoms. The molecule has 0 amide bonds. The van der Waals surface area contributed by atoms with Crippen LogP contribution in [-0.4, -0.2) is 179 Å². The molecule has 0 aromatic heterocycles. The maximum absolute atomic E-state index is 11.8. The third kappa shape index (κ3) is 51.0. The smallest absolute Gasteiger partial charge is 0.338 e. The molecule has 0 fully saturated rings. The first-order valence-electron chi connectivity index (χ1n) is 37.8. The highest BCUT2D eigenvalue weighted by Crippen LogP contribution is 2.33. The highest BCUT2D eigenvalue weighted by molar-refractivity contribution is 9.09. The molecule has 0 unspecified atom stereocenters. The van der Waals surface area contributed by atoms with Crippen LogP contribution < -0.4 is 28.4 Å². The van der Waals surface area contributed by atoms with Crippen LogP contribution in [0, 0.1) is 0 Å². The topological polar surface area (TPSA) is 353 Å². The Morgan fingerprint density at radius 2 is 0.500 bits per heavy atom. The van der Waals surface area contributed by atoms with Crippen LogP contribution in [0.2, 0.25) is 0 Å². The highest BCUT2D eigenvalue weighted by Gasteiger charge is 2.17. The maximum atomic E-state index is 11.8. The molecule has 27 heteroatoms. The number of rotatable bonds is 39. The molecule has 646 valence electrons. The Morgan fingerprint density at radius 3 is 0.746 bits per heavy atom. The van der Waals surface area contributed by atoms with Gasteiger partial charge in [0.1, 0.15) is 13.2 Å². The first-order chi connectivity index (χ1) is 53.4. The van der Waals surface area contributed by atoms with Crippen LogP contribution >= 0.6 is 15.9 Å². The number of unbranched alkanes of at least 4 members (excludes halogenated alkanes) is 6. The van der Waals surface area contributed by atoms with Crippen molar-refractivity contribution in [2.45, 2.75) is 189 Å². The van der Waals surface area contributed by atoms with Crippen molar-refractivity contribution >= 4 is 51.7 Å². The predicted octanol–water partition coefficient (Wildman–Crippen LogP) is 20.1. The molecule has 0 bridgehead atoms. The summed E-state index contributed by atoms with van der Waals surface area (Å²) in [6.07, 6.45) is 13.5. The van der Waals surface area contributed by atoms with Crippen molar-refractivity contribution < 1.29 is 126 Å². The highest BCUT2D eigenvalue weighted by atomic mass is 79.9. The van der Waals surface area contributed by atoms with Gasteiger partial charge in [0.15, 0.2) is 69.0 Å². The lowest BCUT2D eigenvalue weighted by Gasteiger charge is -2.14. The molecule has 6 rings (SSSR count). The van der Waals surface area contributed by atoms with Gasteiger partial charge in [0, 0.05) is 19.5 Å². The molecule has 0 atom stereocenters. The second-order valence-electron chi connectivity index (χ2n) is 23.0. The minimum atomic E-state index is -0.516. The molecule has 6 aromatic carbocycles. The van der Waals surface area contributed by atoms with Crippen molar-refractivity contribution in [1.82, 2.24) is 0 Å². The number of methoxy groups -OCH3 is 2. The third-order valence-corrected chi connectivity index (χ3v) is 14.1. The predicted molar refractivity (Wildman–Crippen MR) is 450 cm³/mol. The lowest BCUT2D eigenvalue weighted by molar-refractivity contribution is 0.0516. The van der Waals surface area contributed by atoms with Crippen LogP contribution in [0.1, 0.15) is 251 Å². The average Bonchev–Trinajstić information content (AvgIpc) is 0.737. The minimum absolute atomic E-state index is 0. The van der Waals surface area contributed by atoms with E-state index >= 15 is 0 Å². The fourth-order valence-corrected chi connectivity index (χ4v) is 8.56. The van der Waals surface area contributed by atoms with Gasteiger partial charge in [-0.3, -0.25) is 0 Å². The number of hydrogen-bond donors (Lipinski definition) is 6. The summed E-state index contributed by atoms with van der Waals surface area (Å²) in [5.41, 5.74) is 1.99. The van der Waals surface area contributed by atoms with Gasteiger partial charge in [0.2, 0.25) is 0 Å². The summed E-state index contributed by atoms with van der Waals surface area (Å²) in [5, 5.41) is 56.5. The summed E-state index contributed by atoms with van der Waals surface area (Å²) in [4.78, 5) is 68.5. The maximum Gasteiger partial charge on any atom is 0.338 e. The van der Waals surface area contributed by atoms with Crippen LogP contribution in [0.25, 0.3) is 0 Å². The van der Waals surface area contributed by atoms with Crippen molar-refractivity contribution in [2.75, 3.05) is 112 Å². The van der Waals surface area contributed by atoms with Crippen LogP contribution in [-0.2, 0) is 37.9 Å². The van der Waals surface area contributed by atoms with E-state index in [1.165, 1.54) is 67.4 Å². The molecule has 0 saturated carbocycles. The summed E-state index contributed by atoms with van der Waals surface area (Å²) in [6, 6.07) is 26.7. The lowest BCUT2D eigenvalue weighted by Crippen LogP contribution is -2.09. The van der Waals surface area contributed by atoms with Gasteiger partial charge >= 0.3 is 35.8 Å². The van der Waals surface area contributed by atoms with Crippen molar-refractivity contribution in [3.8, 4) is 69.0 Å². The molecule has 0 heterocycles. The number of phenols is 6. The van der Waals surface area contributed by atoms with Gasteiger partial charge in [0.05, 0.1) is 113 Å². The number of aromatic hydroxyl groups is 6. The van der Waals surface area contributed by atoms with Crippen molar-refractivity contribution in [2.24, 2.45) is 0 Å². The Bertz CT molecular complexity index is 3420. The zero-order chi connectivity index (χ0) is 83.6. The normalized spacial score (nSPS) is 9.58. The van der Waals surface area contributed by atoms with Gasteiger partial charge in [-0.1, -0.05) is 132 Å². The second-order valence-corrected chi connectivity index (χ2v) is 23.8. The number of phenolic OH excluding ortho intramolecular Hbond substituents is 6. The third-order valence-electron chi connectivity index (χ3n) is 13.6. The molecule has 0 aliphatic carbocycles. The monoisotopic (exact) mass is 1670 g/mol. The molecular formula is C87H135BrO26. The van der Waals surface area contributed by atoms with Crippen molar-refractivity contribution in [3.63, 3.8) is 0 Å². The van der Waals surface area contributed by atoms with E-state index in [-0.39, 0.29) is 93.1 Å². The Hall–Kier alpha value is -9.86. The zero-order valence-electron chi connectivity index (χ0n) is 67.7. The van der Waals surface area contributed by atoms with Gasteiger partial charge in [0.25, 0.3) is 0 Å². The van der Waals surface area contributed by atoms with Crippen LogP contribution in [0.3, 0.4) is 0 Å². The van der Waals surface area contributed by atoms with E-state index < -0.39 is 23.9 Å². The summed E-state index contributed by atoms with van der Waals surface area (Å²) in [7, 11) is 3.22. The van der Waals surface area contributed by atoms with E-state index in [0.29, 0.717) is 136 Å². The first kappa shape index (κ1) is 113. The molecule has 6 N–H and O–H groups in total. The average molecular weight is 1680 g/mol. The molecule has 6 aromatic rings. The Labute approximate surface area is 687 Å². The molecule has 0 aliphatic heterocycles. The van der Waals surface area contributed by atoms with E-state index in [4.69, 9.17) is 86.7 Å². The number of halogens is 1. The Morgan fingerprint density at radius 1 is 0.263 bits per heavy atom. The van der Waals surface area contributed by atoms with Crippen LogP contribution in [0.15, 0.2) is 109 Å². The summed E-state index contributed by atoms with van der Waals surface area (Å²) in [5.74, 6) is -0.776. The molecule has 0 spiro atoms. The standard InChI is InChI=1S/C17H26O5.C15H22O5.C14H20O4.C12H16O4.2C9H10O4.C5H11Br.C3H8.3CH4/c1-4-6-7-10-21-15-9-8-14(17(18)20-5-2)13-16(15)22-12-11-19-3;1-4-8-19-13-7-6-12(15(16)18-5-2)11-14(13)20-10-9-17-3;1-3-5-6-9-18-13-8-7-11(10-12(13)15)14(16)17-4-2;1-3-7-16-11-6-5-9(8-10(11)13)12(14)15-4-2;2*1-2-13-9(12)6-3-4-7(10)8(11)5-6;1-2-3-4-5-6;1-3-2;;;/h8-9,13H,4-7,10-12H2,1-3H3;6-7,11H,4-5,8-10H2,1-3H3;7-8,10,15H,3-6,9H2,1-2H3;5-6,8,13H,3-4,7H2,1-2H3;2*3-5,10-11H,2H2,1H3;2-5H2,1H3;3H2,1-2H3;3*1H4. The van der Waals surface area contributed by atoms with Gasteiger partial charge in [-0.05, 0) is 183 Å². The Kier molecular flexibility index (Phi) is 72.5. The Balaban J connectivity index is -0.000000409. The number of hydrogen-bond acceptors (Lipinski definition) is 26. The van der Waals surface area contributed by atoms with E-state index in [0.717, 1.165) is 63.5 Å². The molecular weight excluding hydrogens is 1540 g/mol. The van der Waals surface area contributed by atoms with E-state index in [2.05, 4.69) is 50.5 Å². The first-order valence-corrected chi connectivity index (χ1v) is 38.9. The quantitative estimate of drug-likeness (QED) is 0.00686. The molecule has 26 nitrogen and oxygen atoms in total. The lowest BCUT2D eigenvalue weighted by atomic mass is 10.2. The van der Waals surface area contributed by atoms with E-state index in [1.807, 2.05) is 13.8 Å². The number of esters is 6. The van der Waals surface area contributed by atoms with E-state index in [1.54, 1.807) is 116 Å². The van der Waals surface area contributed by atoms with Crippen LogP contribution in [0.4, 0.5) is 0 Å². The number of alkyl halides is 1. The van der Waals surface area contributed by atoms with Crippen LogP contribution in [0.5, 0.6) is 69.0 Å². The fraction of sp³-hybridized carbons (Fsp3) is 0.517. The van der Waals surface area contributed by atoms with Gasteiger partial charge in [-0.2, -0.15) is 0 Å². The molecule has 0 saturated heterocycles. The van der Waals surface area contributed by atoms with Gasteiger partial charge in [-0.25, -0.2) is 28.8 Å². The minimum Gasteiger partial charge on any atom is -0.504 e. The van der Waals surface area contributed by atoms with E-state index in [9.17, 15) is 39.0 Å². The second kappa shape index (κ2) is 73.3. The van der Waals surface area contributed by atoms with Crippen molar-refractivity contribution in [3.05, 3.63) is 143 Å². The number of carbonyl (C=O) groups is 6. The van der Waals surface area contributed by atoms with Crippen molar-refractivity contribution in [1.29, 1.82) is 0 Å². The largest absolute Gasteiger partial charge is 0.504 e. The summed E-state index contributed by atoms with van der Waals surface area (Å²) < 4.78 is 72.2. The molecule has 0 radical (unpaired) electrons. The number of benzene rings is 6. The summed E-state index contributed by atoms with van der Waals surface area (Å²) >= 11 is 3.35. The molecule has 0 aliphatic rings. The number of carbonyl (C=O) groups excluding carboxylic acids is 6. The zero-order valence-corrected chi connectivity index (χ0v) is 69.3. The SMILES string of the molecule is C.C.C.CCC.CCCCCBr.CCCCCOc1ccc(C(=O)OCC)cc1O.CCCCCOc1ccc(C(=O)OCC)cc1OCCOC.CCCOc1ccc(C(=O)OCC)cc1O.CCCOc1ccc(C(=O)OCC)cc1OCCOC.CCOC(=O)c1ccc(O)c(O)c1.CCOC(=O)c1ccc(O)c(O)c1. The number of ether oxygens (including phenoxy) is 14. The fourth-order valence-electron chi connectivity index (χ4n) is 8.16.